The third-order valence-corrected chi connectivity index (χ3v) is 3.59. The molecule has 1 aromatic rings. The lowest BCUT2D eigenvalue weighted by Gasteiger charge is -2.30. The van der Waals surface area contributed by atoms with E-state index < -0.39 is 41.6 Å². The fourth-order valence-electron chi connectivity index (χ4n) is 2.44. The number of hydrogen-bond acceptors (Lipinski definition) is 4. The molecule has 0 saturated heterocycles. The second kappa shape index (κ2) is 9.46. The van der Waals surface area contributed by atoms with Crippen LogP contribution in [0.2, 0.25) is 0 Å². The maximum Gasteiger partial charge on any atom is 0.408 e. The first-order chi connectivity index (χ1) is 13.2. The van der Waals surface area contributed by atoms with Crippen molar-refractivity contribution >= 4 is 17.9 Å². The lowest BCUT2D eigenvalue weighted by molar-refractivity contribution is -0.137. The van der Waals surface area contributed by atoms with Gasteiger partial charge in [-0.15, -0.1) is 0 Å². The number of nitrogens with one attached hydrogen (secondary N) is 2. The van der Waals surface area contributed by atoms with Crippen LogP contribution in [0.25, 0.3) is 0 Å². The second-order valence-electron chi connectivity index (χ2n) is 8.80. The molecular weight excluding hydrogens is 370 g/mol. The summed E-state index contributed by atoms with van der Waals surface area (Å²) in [5.74, 6) is -1.02. The summed E-state index contributed by atoms with van der Waals surface area (Å²) in [5.41, 5.74) is 0.364. The number of rotatable bonds is 5. The maximum atomic E-state index is 13.0. The standard InChI is InChI=1S/C22H31N3O4/c1-9-25(17(26)14-23-20(28)29-22(6,7)8)18(19(27)24-21(3,4)5)16-12-10-15(2)11-13-16/h1,10-13,18H,14H2,2-8H3,(H,23,28)(H,24,27). The first-order valence-corrected chi connectivity index (χ1v) is 9.37. The van der Waals surface area contributed by atoms with Crippen molar-refractivity contribution in [2.45, 2.75) is 65.6 Å². The summed E-state index contributed by atoms with van der Waals surface area (Å²) in [6, 6.07) is 8.43. The molecule has 3 amide bonds. The molecule has 1 aromatic carbocycles. The predicted octanol–water partition coefficient (Wildman–Crippen LogP) is 2.89. The van der Waals surface area contributed by atoms with Crippen LogP contribution in [0.1, 0.15) is 58.7 Å². The Morgan fingerprint density at radius 3 is 2.10 bits per heavy atom. The monoisotopic (exact) mass is 401 g/mol. The van der Waals surface area contributed by atoms with E-state index in [1.807, 2.05) is 39.8 Å². The SMILES string of the molecule is C#CN(C(=O)CNC(=O)OC(C)(C)C)C(C(=O)NC(C)(C)C)c1ccc(C)cc1. The van der Waals surface area contributed by atoms with Crippen molar-refractivity contribution in [2.24, 2.45) is 0 Å². The lowest BCUT2D eigenvalue weighted by Crippen LogP contribution is -2.49. The van der Waals surface area contributed by atoms with Crippen molar-refractivity contribution in [1.82, 2.24) is 15.5 Å². The van der Waals surface area contributed by atoms with Crippen LogP contribution in [0.3, 0.4) is 0 Å². The molecule has 0 aromatic heterocycles. The average molecular weight is 402 g/mol. The Labute approximate surface area is 173 Å². The number of alkyl carbamates (subject to hydrolysis) is 1. The van der Waals surface area contributed by atoms with Gasteiger partial charge in [-0.1, -0.05) is 36.3 Å². The van der Waals surface area contributed by atoms with Gasteiger partial charge in [0.25, 0.3) is 5.91 Å². The van der Waals surface area contributed by atoms with Crippen LogP contribution in [0.15, 0.2) is 24.3 Å². The summed E-state index contributed by atoms with van der Waals surface area (Å²) in [4.78, 5) is 38.5. The van der Waals surface area contributed by atoms with Crippen LogP contribution in [0.4, 0.5) is 4.79 Å². The number of amides is 3. The Bertz CT molecular complexity index is 780. The van der Waals surface area contributed by atoms with E-state index in [-0.39, 0.29) is 0 Å². The molecular formula is C22H31N3O4. The first kappa shape index (κ1) is 24.0. The van der Waals surface area contributed by atoms with Gasteiger partial charge < -0.3 is 15.4 Å². The Balaban J connectivity index is 3.08. The van der Waals surface area contributed by atoms with Gasteiger partial charge in [-0.2, -0.15) is 0 Å². The summed E-state index contributed by atoms with van der Waals surface area (Å²) in [6.07, 6.45) is 4.84. The van der Waals surface area contributed by atoms with Crippen LogP contribution >= 0.6 is 0 Å². The summed E-state index contributed by atoms with van der Waals surface area (Å²) < 4.78 is 5.12. The molecule has 1 atom stereocenters. The highest BCUT2D eigenvalue weighted by molar-refractivity contribution is 5.91. The van der Waals surface area contributed by atoms with Crippen LogP contribution in [-0.2, 0) is 14.3 Å². The zero-order valence-electron chi connectivity index (χ0n) is 18.3. The minimum atomic E-state index is -1.03. The van der Waals surface area contributed by atoms with Crippen molar-refractivity contribution in [3.63, 3.8) is 0 Å². The normalized spacial score (nSPS) is 12.3. The van der Waals surface area contributed by atoms with Crippen molar-refractivity contribution in [3.05, 3.63) is 35.4 Å². The Hall–Kier alpha value is -3.01. The van der Waals surface area contributed by atoms with E-state index in [2.05, 4.69) is 16.7 Å². The molecule has 0 spiro atoms. The Morgan fingerprint density at radius 2 is 1.66 bits per heavy atom. The largest absolute Gasteiger partial charge is 0.444 e. The lowest BCUT2D eigenvalue weighted by atomic mass is 10.0. The van der Waals surface area contributed by atoms with Crippen LogP contribution < -0.4 is 10.6 Å². The highest BCUT2D eigenvalue weighted by atomic mass is 16.6. The summed E-state index contributed by atoms with van der Waals surface area (Å²) in [6.45, 7) is 12.2. The van der Waals surface area contributed by atoms with Crippen molar-refractivity contribution in [3.8, 4) is 12.5 Å². The molecule has 29 heavy (non-hydrogen) atoms. The number of carbonyl (C=O) groups is 3. The fourth-order valence-corrected chi connectivity index (χ4v) is 2.44. The molecule has 7 heteroatoms. The van der Waals surface area contributed by atoms with Crippen LogP contribution in [-0.4, -0.2) is 40.5 Å². The van der Waals surface area contributed by atoms with Crippen LogP contribution in [0.5, 0.6) is 0 Å². The molecule has 0 saturated carbocycles. The first-order valence-electron chi connectivity index (χ1n) is 9.37. The third-order valence-electron chi connectivity index (χ3n) is 3.59. The molecule has 0 fully saturated rings. The fraction of sp³-hybridized carbons (Fsp3) is 0.500. The van der Waals surface area contributed by atoms with Gasteiger partial charge in [0, 0.05) is 11.6 Å². The quantitative estimate of drug-likeness (QED) is 0.587. The number of hydrogen-bond donors (Lipinski definition) is 2. The number of aryl methyl sites for hydroxylation is 1. The molecule has 0 aliphatic rings. The topological polar surface area (TPSA) is 87.7 Å². The van der Waals surface area contributed by atoms with E-state index in [4.69, 9.17) is 11.2 Å². The number of ether oxygens (including phenoxy) is 1. The summed E-state index contributed by atoms with van der Waals surface area (Å²) >= 11 is 0. The molecule has 0 heterocycles. The minimum absolute atomic E-state index is 0.399. The van der Waals surface area contributed by atoms with Crippen molar-refractivity contribution < 1.29 is 19.1 Å². The number of nitrogens with zero attached hydrogens (tertiary/aromatic N) is 1. The van der Waals surface area contributed by atoms with Gasteiger partial charge in [0.2, 0.25) is 5.91 Å². The number of carbonyl (C=O) groups excluding carboxylic acids is 3. The van der Waals surface area contributed by atoms with Gasteiger partial charge in [-0.25, -0.2) is 4.79 Å². The zero-order valence-corrected chi connectivity index (χ0v) is 18.3. The van der Waals surface area contributed by atoms with E-state index in [1.165, 1.54) is 0 Å². The molecule has 158 valence electrons. The van der Waals surface area contributed by atoms with Crippen molar-refractivity contribution in [2.75, 3.05) is 6.54 Å². The molecule has 0 aliphatic carbocycles. The molecule has 0 radical (unpaired) electrons. The zero-order chi connectivity index (χ0) is 22.4. The second-order valence-corrected chi connectivity index (χ2v) is 8.80. The highest BCUT2D eigenvalue weighted by Gasteiger charge is 2.33. The van der Waals surface area contributed by atoms with Gasteiger partial charge >= 0.3 is 6.09 Å². The van der Waals surface area contributed by atoms with Gasteiger partial charge in [-0.05, 0) is 54.0 Å². The van der Waals surface area contributed by atoms with E-state index in [1.54, 1.807) is 32.9 Å². The molecule has 1 rings (SSSR count). The highest BCUT2D eigenvalue weighted by Crippen LogP contribution is 2.22. The van der Waals surface area contributed by atoms with E-state index >= 15 is 0 Å². The molecule has 2 N–H and O–H groups in total. The van der Waals surface area contributed by atoms with E-state index in [0.717, 1.165) is 10.5 Å². The van der Waals surface area contributed by atoms with E-state index in [9.17, 15) is 14.4 Å². The molecule has 0 bridgehead atoms. The predicted molar refractivity (Wildman–Crippen MR) is 112 cm³/mol. The smallest absolute Gasteiger partial charge is 0.408 e. The maximum absolute atomic E-state index is 13.0. The number of benzene rings is 1. The average Bonchev–Trinajstić information content (AvgIpc) is 2.55. The van der Waals surface area contributed by atoms with Crippen molar-refractivity contribution in [1.29, 1.82) is 0 Å². The minimum Gasteiger partial charge on any atom is -0.444 e. The Morgan fingerprint density at radius 1 is 1.10 bits per heavy atom. The van der Waals surface area contributed by atoms with Gasteiger partial charge in [0.1, 0.15) is 18.2 Å². The number of terminal acetylenes is 1. The summed E-state index contributed by atoms with van der Waals surface area (Å²) in [7, 11) is 0. The molecule has 1 unspecified atom stereocenters. The summed E-state index contributed by atoms with van der Waals surface area (Å²) in [5, 5.41) is 5.23. The third kappa shape index (κ3) is 8.26. The Kier molecular flexibility index (Phi) is 7.84. The van der Waals surface area contributed by atoms with Crippen LogP contribution in [0, 0.1) is 19.4 Å². The van der Waals surface area contributed by atoms with Gasteiger partial charge in [0.05, 0.1) is 0 Å². The van der Waals surface area contributed by atoms with E-state index in [0.29, 0.717) is 5.56 Å². The van der Waals surface area contributed by atoms with Gasteiger partial charge in [0.15, 0.2) is 0 Å². The van der Waals surface area contributed by atoms with Gasteiger partial charge in [-0.3, -0.25) is 14.5 Å². The molecule has 0 aliphatic heterocycles. The molecule has 7 nitrogen and oxygen atoms in total.